The van der Waals surface area contributed by atoms with Crippen LogP contribution in [-0.2, 0) is 17.8 Å². The van der Waals surface area contributed by atoms with Gasteiger partial charge in [-0.3, -0.25) is 19.3 Å². The minimum atomic E-state index is -0.458. The van der Waals surface area contributed by atoms with Crippen molar-refractivity contribution in [2.24, 2.45) is 0 Å². The van der Waals surface area contributed by atoms with Gasteiger partial charge in [0, 0.05) is 16.3 Å². The van der Waals surface area contributed by atoms with E-state index in [4.69, 9.17) is 0 Å². The molecule has 0 fully saturated rings. The number of benzene rings is 2. The Morgan fingerprint density at radius 1 is 1.07 bits per heavy atom. The second-order valence-electron chi connectivity index (χ2n) is 6.56. The number of nitrogens with one attached hydrogen (secondary N) is 1. The molecule has 2 aromatic carbocycles. The molecule has 3 amide bonds. The van der Waals surface area contributed by atoms with Crippen LogP contribution in [0.4, 0.5) is 0 Å². The highest BCUT2D eigenvalue weighted by Gasteiger charge is 2.36. The monoisotopic (exact) mass is 469 g/mol. The summed E-state index contributed by atoms with van der Waals surface area (Å²) in [4.78, 5) is 42.6. The Morgan fingerprint density at radius 2 is 1.83 bits per heavy atom. The summed E-state index contributed by atoms with van der Waals surface area (Å²) in [6, 6.07) is 14.9. The van der Waals surface area contributed by atoms with Crippen molar-refractivity contribution in [3.8, 4) is 0 Å². The summed E-state index contributed by atoms with van der Waals surface area (Å²) >= 11 is 4.83. The van der Waals surface area contributed by atoms with E-state index < -0.39 is 17.7 Å². The van der Waals surface area contributed by atoms with E-state index >= 15 is 0 Å². The van der Waals surface area contributed by atoms with Crippen molar-refractivity contribution in [2.45, 2.75) is 13.0 Å². The molecule has 0 radical (unpaired) electrons. The third-order valence-electron chi connectivity index (χ3n) is 4.50. The summed E-state index contributed by atoms with van der Waals surface area (Å²) < 4.78 is 0.707. The summed E-state index contributed by atoms with van der Waals surface area (Å²) in [6.45, 7) is -0.0657. The van der Waals surface area contributed by atoms with Gasteiger partial charge in [0.15, 0.2) is 0 Å². The molecule has 1 aliphatic heterocycles. The third-order valence-corrected chi connectivity index (χ3v) is 5.89. The third kappa shape index (κ3) is 4.28. The van der Waals surface area contributed by atoms with Crippen molar-refractivity contribution >= 4 is 45.0 Å². The fourth-order valence-corrected chi connectivity index (χ4v) is 4.27. The van der Waals surface area contributed by atoms with Crippen LogP contribution in [0.2, 0.25) is 0 Å². The normalized spacial score (nSPS) is 12.9. The highest BCUT2D eigenvalue weighted by Crippen LogP contribution is 2.25. The number of carbonyl (C=O) groups excluding carboxylic acids is 3. The predicted molar refractivity (Wildman–Crippen MR) is 113 cm³/mol. The molecule has 0 aliphatic carbocycles. The molecule has 0 unspecified atom stereocenters. The average molecular weight is 470 g/mol. The Morgan fingerprint density at radius 3 is 2.62 bits per heavy atom. The smallest absolute Gasteiger partial charge is 0.262 e. The lowest BCUT2D eigenvalue weighted by atomic mass is 10.1. The van der Waals surface area contributed by atoms with Crippen LogP contribution in [0.3, 0.4) is 0 Å². The maximum Gasteiger partial charge on any atom is 0.262 e. The zero-order valence-corrected chi connectivity index (χ0v) is 17.6. The first-order valence-electron chi connectivity index (χ1n) is 8.91. The Hall–Kier alpha value is -2.84. The molecule has 0 atom stereocenters. The zero-order chi connectivity index (χ0) is 20.4. The van der Waals surface area contributed by atoms with Gasteiger partial charge >= 0.3 is 0 Å². The molecule has 1 N–H and O–H groups in total. The van der Waals surface area contributed by atoms with Crippen molar-refractivity contribution in [3.05, 3.63) is 85.8 Å². The van der Waals surface area contributed by atoms with E-state index in [2.05, 4.69) is 26.2 Å². The minimum absolute atomic E-state index is 0.249. The molecule has 1 aromatic heterocycles. The molecule has 1 aliphatic rings. The second-order valence-corrected chi connectivity index (χ2v) is 8.42. The quantitative estimate of drug-likeness (QED) is 0.561. The number of amides is 3. The van der Waals surface area contributed by atoms with E-state index in [0.29, 0.717) is 15.6 Å². The molecule has 146 valence electrons. The van der Waals surface area contributed by atoms with E-state index in [-0.39, 0.29) is 13.1 Å². The fraction of sp³-hybridized carbons (Fsp3) is 0.143. The van der Waals surface area contributed by atoms with Crippen molar-refractivity contribution in [1.29, 1.82) is 0 Å². The number of carbonyl (C=O) groups is 3. The summed E-state index contributed by atoms with van der Waals surface area (Å²) in [5.41, 5.74) is 2.55. The van der Waals surface area contributed by atoms with E-state index in [1.807, 2.05) is 35.7 Å². The lowest BCUT2D eigenvalue weighted by Gasteiger charge is -2.13. The van der Waals surface area contributed by atoms with Crippen LogP contribution in [0.15, 0.2) is 58.4 Å². The van der Waals surface area contributed by atoms with E-state index in [9.17, 15) is 14.4 Å². The van der Waals surface area contributed by atoms with E-state index in [0.717, 1.165) is 22.0 Å². The number of rotatable bonds is 6. The summed E-state index contributed by atoms with van der Waals surface area (Å²) in [5.74, 6) is -1.32. The number of fused-ring (bicyclic) bond motifs is 1. The molecule has 0 bridgehead atoms. The van der Waals surface area contributed by atoms with E-state index in [1.165, 1.54) is 16.9 Å². The van der Waals surface area contributed by atoms with Gasteiger partial charge in [0.2, 0.25) is 5.91 Å². The first kappa shape index (κ1) is 19.5. The van der Waals surface area contributed by atoms with Gasteiger partial charge in [-0.05, 0) is 23.8 Å². The molecular formula is C21H16BrN3O3S. The number of hydrogen-bond donors (Lipinski definition) is 1. The maximum atomic E-state index is 12.4. The fourth-order valence-electron chi connectivity index (χ4n) is 3.08. The lowest BCUT2D eigenvalue weighted by Crippen LogP contribution is -2.40. The van der Waals surface area contributed by atoms with Crippen molar-refractivity contribution in [2.75, 3.05) is 6.54 Å². The molecule has 0 saturated heterocycles. The minimum Gasteiger partial charge on any atom is -0.349 e. The molecule has 3 aromatic rings. The Balaban J connectivity index is 1.33. The Bertz CT molecular complexity index is 1100. The first-order valence-corrected chi connectivity index (χ1v) is 10.6. The number of thiazole rings is 1. The summed E-state index contributed by atoms with van der Waals surface area (Å²) in [6.07, 6.45) is 0.740. The van der Waals surface area contributed by atoms with Gasteiger partial charge in [-0.25, -0.2) is 4.98 Å². The van der Waals surface area contributed by atoms with Gasteiger partial charge < -0.3 is 5.32 Å². The molecule has 4 rings (SSSR count). The van der Waals surface area contributed by atoms with Gasteiger partial charge in [-0.1, -0.05) is 46.3 Å². The van der Waals surface area contributed by atoms with Crippen LogP contribution in [0, 0.1) is 0 Å². The molecule has 6 nitrogen and oxygen atoms in total. The van der Waals surface area contributed by atoms with Crippen LogP contribution >= 0.6 is 27.3 Å². The van der Waals surface area contributed by atoms with E-state index in [1.54, 1.807) is 18.2 Å². The molecular weight excluding hydrogens is 454 g/mol. The van der Waals surface area contributed by atoms with Gasteiger partial charge in [-0.15, -0.1) is 11.3 Å². The average Bonchev–Trinajstić information content (AvgIpc) is 3.25. The predicted octanol–water partition coefficient (Wildman–Crippen LogP) is 3.41. The molecule has 0 saturated carbocycles. The molecule has 29 heavy (non-hydrogen) atoms. The van der Waals surface area contributed by atoms with Gasteiger partial charge in [0.1, 0.15) is 6.54 Å². The highest BCUT2D eigenvalue weighted by atomic mass is 79.9. The van der Waals surface area contributed by atoms with Gasteiger partial charge in [-0.2, -0.15) is 0 Å². The SMILES string of the molecule is O=C(CN1C(=O)c2ccc(Br)cc2C1=O)NCc1csc(Cc2ccccc2)n1. The number of halogens is 1. The zero-order valence-electron chi connectivity index (χ0n) is 15.2. The number of imide groups is 1. The van der Waals surface area contributed by atoms with Crippen LogP contribution in [0.5, 0.6) is 0 Å². The Labute approximate surface area is 179 Å². The summed E-state index contributed by atoms with van der Waals surface area (Å²) in [7, 11) is 0. The van der Waals surface area contributed by atoms with Crippen LogP contribution in [-0.4, -0.2) is 34.2 Å². The molecule has 8 heteroatoms. The Kier molecular flexibility index (Phi) is 5.55. The second kappa shape index (κ2) is 8.26. The van der Waals surface area contributed by atoms with Crippen LogP contribution in [0.1, 0.15) is 37.0 Å². The van der Waals surface area contributed by atoms with Gasteiger partial charge in [0.25, 0.3) is 11.8 Å². The lowest BCUT2D eigenvalue weighted by molar-refractivity contribution is -0.121. The standard InChI is InChI=1S/C21H16BrN3O3S/c22-14-6-7-16-17(9-14)21(28)25(20(16)27)11-18(26)23-10-15-12-29-19(24-15)8-13-4-2-1-3-5-13/h1-7,9,12H,8,10-11H2,(H,23,26). The van der Waals surface area contributed by atoms with Crippen molar-refractivity contribution < 1.29 is 14.4 Å². The van der Waals surface area contributed by atoms with Crippen LogP contribution < -0.4 is 5.32 Å². The van der Waals surface area contributed by atoms with Crippen molar-refractivity contribution in [1.82, 2.24) is 15.2 Å². The largest absolute Gasteiger partial charge is 0.349 e. The number of aromatic nitrogens is 1. The van der Waals surface area contributed by atoms with Gasteiger partial charge in [0.05, 0.1) is 28.4 Å². The summed E-state index contributed by atoms with van der Waals surface area (Å²) in [5, 5.41) is 5.60. The first-order chi connectivity index (χ1) is 14.0. The number of hydrogen-bond acceptors (Lipinski definition) is 5. The topological polar surface area (TPSA) is 79.4 Å². The van der Waals surface area contributed by atoms with Crippen LogP contribution in [0.25, 0.3) is 0 Å². The maximum absolute atomic E-state index is 12.4. The molecule has 2 heterocycles. The molecule has 0 spiro atoms. The van der Waals surface area contributed by atoms with Crippen molar-refractivity contribution in [3.63, 3.8) is 0 Å². The number of nitrogens with zero attached hydrogens (tertiary/aromatic N) is 2. The highest BCUT2D eigenvalue weighted by molar-refractivity contribution is 9.10.